The summed E-state index contributed by atoms with van der Waals surface area (Å²) in [6.07, 6.45) is -1.80. The molecule has 6 nitrogen and oxygen atoms in total. The predicted molar refractivity (Wildman–Crippen MR) is 47.5 cm³/mol. The smallest absolute Gasteiger partial charge is 0.422 e. The summed E-state index contributed by atoms with van der Waals surface area (Å²) in [6.45, 7) is 1.72. The molecule has 14 heavy (non-hydrogen) atoms. The molecule has 0 radical (unpaired) electrons. The van der Waals surface area contributed by atoms with Gasteiger partial charge in [-0.2, -0.15) is 4.90 Å². The first kappa shape index (κ1) is 9.97. The van der Waals surface area contributed by atoms with Crippen molar-refractivity contribution in [2.24, 2.45) is 0 Å². The lowest BCUT2D eigenvalue weighted by atomic mass is 10.3. The fourth-order valence-corrected chi connectivity index (χ4v) is 0.920. The Labute approximate surface area is 79.4 Å². The Kier molecular flexibility index (Phi) is 2.66. The van der Waals surface area contributed by atoms with Crippen LogP contribution in [0.2, 0.25) is 0 Å². The molecule has 1 aromatic heterocycles. The number of carbonyl (C=O) groups is 2. The number of anilines is 1. The second-order valence-corrected chi connectivity index (χ2v) is 2.59. The van der Waals surface area contributed by atoms with Gasteiger partial charge in [-0.15, -0.1) is 0 Å². The summed E-state index contributed by atoms with van der Waals surface area (Å²) in [6, 6.07) is 3.02. The summed E-state index contributed by atoms with van der Waals surface area (Å²) in [5.41, 5.74) is 0.738. The monoisotopic (exact) mass is 196 g/mol. The van der Waals surface area contributed by atoms with Crippen LogP contribution in [0, 0.1) is 6.92 Å². The quantitative estimate of drug-likeness (QED) is 0.711. The van der Waals surface area contributed by atoms with Crippen LogP contribution in [-0.4, -0.2) is 27.4 Å². The van der Waals surface area contributed by atoms with E-state index < -0.39 is 12.2 Å². The molecule has 0 aliphatic carbocycles. The van der Waals surface area contributed by atoms with Crippen molar-refractivity contribution in [2.75, 3.05) is 4.90 Å². The molecule has 74 valence electrons. The van der Waals surface area contributed by atoms with Crippen LogP contribution in [0.3, 0.4) is 0 Å². The third-order valence-corrected chi connectivity index (χ3v) is 1.51. The zero-order chi connectivity index (χ0) is 10.7. The van der Waals surface area contributed by atoms with E-state index in [0.29, 0.717) is 0 Å². The van der Waals surface area contributed by atoms with Gasteiger partial charge in [0.2, 0.25) is 0 Å². The highest BCUT2D eigenvalue weighted by atomic mass is 16.4. The van der Waals surface area contributed by atoms with E-state index in [2.05, 4.69) is 4.98 Å². The fourth-order valence-electron chi connectivity index (χ4n) is 0.920. The van der Waals surface area contributed by atoms with Gasteiger partial charge in [0.05, 0.1) is 0 Å². The second-order valence-electron chi connectivity index (χ2n) is 2.59. The maximum Gasteiger partial charge on any atom is 0.422 e. The highest BCUT2D eigenvalue weighted by molar-refractivity contribution is 6.06. The van der Waals surface area contributed by atoms with Gasteiger partial charge in [0.25, 0.3) is 0 Å². The maximum atomic E-state index is 10.6. The summed E-state index contributed by atoms with van der Waals surface area (Å²) in [7, 11) is 0. The van der Waals surface area contributed by atoms with Crippen LogP contribution >= 0.6 is 0 Å². The molecule has 1 rings (SSSR count). The zero-order valence-corrected chi connectivity index (χ0v) is 7.34. The summed E-state index contributed by atoms with van der Waals surface area (Å²) in [5.74, 6) is -0.120. The predicted octanol–water partition coefficient (Wildman–Crippen LogP) is 1.55. The zero-order valence-electron chi connectivity index (χ0n) is 7.34. The number of hydrogen-bond acceptors (Lipinski definition) is 3. The fraction of sp³-hybridized carbons (Fsp3) is 0.125. The first-order valence-electron chi connectivity index (χ1n) is 3.71. The number of amides is 2. The van der Waals surface area contributed by atoms with Crippen molar-refractivity contribution in [2.45, 2.75) is 6.92 Å². The highest BCUT2D eigenvalue weighted by Crippen LogP contribution is 2.12. The van der Waals surface area contributed by atoms with Crippen LogP contribution in [0.25, 0.3) is 0 Å². The summed E-state index contributed by atoms with van der Waals surface area (Å²) >= 11 is 0. The molecule has 2 amide bonds. The van der Waals surface area contributed by atoms with Gasteiger partial charge in [0.1, 0.15) is 5.82 Å². The lowest BCUT2D eigenvalue weighted by Crippen LogP contribution is -2.35. The number of rotatable bonds is 1. The standard InChI is InChI=1S/C8H8N2O4/c1-5-2-3-9-6(4-5)10(7(11)12)8(13)14/h2-4H,1H3,(H,11,12)(H,13,14). The van der Waals surface area contributed by atoms with Crippen molar-refractivity contribution >= 4 is 18.0 Å². The Hall–Kier alpha value is -2.11. The number of pyridine rings is 1. The van der Waals surface area contributed by atoms with Crippen molar-refractivity contribution in [3.8, 4) is 0 Å². The molecule has 0 aliphatic heterocycles. The molecular weight excluding hydrogens is 188 g/mol. The molecule has 0 aromatic carbocycles. The largest absolute Gasteiger partial charge is 0.464 e. The summed E-state index contributed by atoms with van der Waals surface area (Å²) < 4.78 is 0. The third kappa shape index (κ3) is 1.98. The highest BCUT2D eigenvalue weighted by Gasteiger charge is 2.22. The lowest BCUT2D eigenvalue weighted by Gasteiger charge is -2.11. The van der Waals surface area contributed by atoms with Crippen LogP contribution in [0.1, 0.15) is 5.56 Å². The van der Waals surface area contributed by atoms with E-state index >= 15 is 0 Å². The van der Waals surface area contributed by atoms with E-state index in [4.69, 9.17) is 10.2 Å². The van der Waals surface area contributed by atoms with Crippen LogP contribution in [0.5, 0.6) is 0 Å². The summed E-state index contributed by atoms with van der Waals surface area (Å²) in [4.78, 5) is 24.9. The number of carboxylic acid groups (broad SMARTS) is 2. The van der Waals surface area contributed by atoms with E-state index in [9.17, 15) is 9.59 Å². The normalized spacial score (nSPS) is 9.50. The van der Waals surface area contributed by atoms with Crippen LogP contribution in [-0.2, 0) is 0 Å². The lowest BCUT2D eigenvalue weighted by molar-refractivity contribution is 0.184. The van der Waals surface area contributed by atoms with Gasteiger partial charge in [-0.3, -0.25) is 0 Å². The molecule has 0 saturated heterocycles. The van der Waals surface area contributed by atoms with Gasteiger partial charge in [-0.25, -0.2) is 14.6 Å². The molecule has 6 heteroatoms. The number of aryl methyl sites for hydroxylation is 1. The Morgan fingerprint density at radius 1 is 1.36 bits per heavy atom. The van der Waals surface area contributed by atoms with Gasteiger partial charge in [0, 0.05) is 6.20 Å². The van der Waals surface area contributed by atoms with E-state index in [-0.39, 0.29) is 10.7 Å². The molecule has 2 N–H and O–H groups in total. The second kappa shape index (κ2) is 3.73. The summed E-state index contributed by atoms with van der Waals surface area (Å²) in [5, 5.41) is 17.2. The maximum absolute atomic E-state index is 10.6. The first-order valence-corrected chi connectivity index (χ1v) is 3.71. The average Bonchev–Trinajstić information content (AvgIpc) is 2.02. The van der Waals surface area contributed by atoms with E-state index in [0.717, 1.165) is 5.56 Å². The third-order valence-electron chi connectivity index (χ3n) is 1.51. The minimum Gasteiger partial charge on any atom is -0.464 e. The molecule has 1 aromatic rings. The number of imide groups is 1. The number of hydrogen-bond donors (Lipinski definition) is 2. The van der Waals surface area contributed by atoms with Crippen molar-refractivity contribution < 1.29 is 19.8 Å². The van der Waals surface area contributed by atoms with Crippen molar-refractivity contribution in [1.29, 1.82) is 0 Å². The van der Waals surface area contributed by atoms with Crippen LogP contribution in [0.15, 0.2) is 18.3 Å². The Morgan fingerprint density at radius 2 is 1.93 bits per heavy atom. The van der Waals surface area contributed by atoms with Gasteiger partial charge in [-0.05, 0) is 24.6 Å². The van der Waals surface area contributed by atoms with Gasteiger partial charge in [-0.1, -0.05) is 0 Å². The molecule has 0 bridgehead atoms. The first-order chi connectivity index (χ1) is 6.52. The van der Waals surface area contributed by atoms with Gasteiger partial charge >= 0.3 is 12.2 Å². The van der Waals surface area contributed by atoms with Gasteiger partial charge < -0.3 is 10.2 Å². The minimum absolute atomic E-state index is 0.120. The van der Waals surface area contributed by atoms with Crippen molar-refractivity contribution in [3.63, 3.8) is 0 Å². The Bertz CT molecular complexity index is 363. The molecule has 0 spiro atoms. The van der Waals surface area contributed by atoms with Crippen molar-refractivity contribution in [3.05, 3.63) is 23.9 Å². The SMILES string of the molecule is Cc1ccnc(N(C(=O)O)C(=O)O)c1. The van der Waals surface area contributed by atoms with Crippen LogP contribution < -0.4 is 4.90 Å². The molecule has 0 fully saturated rings. The average molecular weight is 196 g/mol. The molecule has 0 saturated carbocycles. The van der Waals surface area contributed by atoms with Crippen LogP contribution in [0.4, 0.5) is 15.4 Å². The van der Waals surface area contributed by atoms with E-state index in [1.165, 1.54) is 12.3 Å². The minimum atomic E-state index is -1.57. The van der Waals surface area contributed by atoms with E-state index in [1.54, 1.807) is 13.0 Å². The van der Waals surface area contributed by atoms with Crippen molar-refractivity contribution in [1.82, 2.24) is 4.98 Å². The Morgan fingerprint density at radius 3 is 2.36 bits per heavy atom. The Balaban J connectivity index is 3.12. The molecule has 0 aliphatic rings. The molecule has 0 atom stereocenters. The topological polar surface area (TPSA) is 90.7 Å². The van der Waals surface area contributed by atoms with Gasteiger partial charge in [0.15, 0.2) is 0 Å². The number of nitrogens with zero attached hydrogens (tertiary/aromatic N) is 2. The molecule has 0 unspecified atom stereocenters. The van der Waals surface area contributed by atoms with E-state index in [1.807, 2.05) is 0 Å². The molecular formula is C8H8N2O4. The molecule has 1 heterocycles. The number of aromatic nitrogens is 1.